The highest BCUT2D eigenvalue weighted by Crippen LogP contribution is 1.91. The normalized spacial score (nSPS) is 16.9. The summed E-state index contributed by atoms with van der Waals surface area (Å²) in [6.07, 6.45) is 0.156. The number of carboxylic acid groups (broad SMARTS) is 1. The molecule has 0 saturated carbocycles. The van der Waals surface area contributed by atoms with E-state index in [4.69, 9.17) is 9.22 Å². The maximum atomic E-state index is 9.90. The van der Waals surface area contributed by atoms with Crippen LogP contribution in [-0.2, 0) is 4.79 Å². The molecule has 7 heavy (non-hydrogen) atoms. The third-order valence-electron chi connectivity index (χ3n) is 0.567. The number of carbonyl (C=O) groups is 1. The fourth-order valence-electron chi connectivity index (χ4n) is 0.240. The van der Waals surface area contributed by atoms with Gasteiger partial charge in [-0.25, -0.2) is 0 Å². The summed E-state index contributed by atoms with van der Waals surface area (Å²) >= 11 is 0. The fourth-order valence-corrected chi connectivity index (χ4v) is 0.240. The minimum absolute atomic E-state index is 0.0146. The van der Waals surface area contributed by atoms with Gasteiger partial charge in [-0.2, -0.15) is 0 Å². The Labute approximate surface area is 47.4 Å². The molecule has 0 heterocycles. The Morgan fingerprint density at radius 3 is 3.14 bits per heavy atom. The van der Waals surface area contributed by atoms with Crippen LogP contribution in [0.1, 0.15) is 30.2 Å². The van der Waals surface area contributed by atoms with Crippen LogP contribution in [0, 0.1) is 0 Å². The van der Waals surface area contributed by atoms with E-state index in [1.165, 1.54) is 0 Å². The minimum atomic E-state index is -1.98. The molecule has 0 atom stereocenters. The molecule has 0 aliphatic rings. The number of aliphatic carboxylic acids is 1. The summed E-state index contributed by atoms with van der Waals surface area (Å²) in [5.74, 6) is -0.941. The molecular formula is C5H10O2. The van der Waals surface area contributed by atoms with Crippen molar-refractivity contribution in [2.24, 2.45) is 0 Å². The van der Waals surface area contributed by atoms with Gasteiger partial charge < -0.3 is 5.11 Å². The highest BCUT2D eigenvalue weighted by Gasteiger charge is 1.90. The number of hydrogen-bond acceptors (Lipinski definition) is 1. The van der Waals surface area contributed by atoms with Crippen molar-refractivity contribution < 1.29 is 14.0 Å². The third-order valence-corrected chi connectivity index (χ3v) is 0.567. The number of rotatable bonds is 3. The Bertz CT molecular complexity index is 119. The highest BCUT2D eigenvalue weighted by molar-refractivity contribution is 5.66. The lowest BCUT2D eigenvalue weighted by molar-refractivity contribution is -0.137. The van der Waals surface area contributed by atoms with Gasteiger partial charge in [0.15, 0.2) is 0 Å². The third kappa shape index (κ3) is 5.47. The Kier molecular flexibility index (Phi) is 1.41. The van der Waals surface area contributed by atoms with Crippen LogP contribution in [0.4, 0.5) is 0 Å². The molecule has 0 saturated heterocycles. The summed E-state index contributed by atoms with van der Waals surface area (Å²) in [5, 5.41) is 8.13. The molecule has 0 aromatic heterocycles. The standard InChI is InChI=1S/C5H10O2/c1-2-3-4-5(6)7/h2-4H2,1H3,(H,6,7)/i1D3. The van der Waals surface area contributed by atoms with Crippen LogP contribution >= 0.6 is 0 Å². The first-order chi connectivity index (χ1) is 4.42. The van der Waals surface area contributed by atoms with Crippen LogP contribution < -0.4 is 0 Å². The lowest BCUT2D eigenvalue weighted by Gasteiger charge is -1.85. The van der Waals surface area contributed by atoms with Gasteiger partial charge in [-0.15, -0.1) is 0 Å². The molecule has 0 rings (SSSR count). The Morgan fingerprint density at radius 2 is 2.71 bits per heavy atom. The summed E-state index contributed by atoms with van der Waals surface area (Å²) in [4.78, 5) is 9.90. The van der Waals surface area contributed by atoms with E-state index in [0.29, 0.717) is 0 Å². The van der Waals surface area contributed by atoms with Crippen LogP contribution in [0.3, 0.4) is 0 Å². The van der Waals surface area contributed by atoms with Crippen molar-refractivity contribution in [3.05, 3.63) is 0 Å². The largest absolute Gasteiger partial charge is 0.481 e. The van der Waals surface area contributed by atoms with Gasteiger partial charge in [0.1, 0.15) is 0 Å². The maximum absolute atomic E-state index is 9.90. The van der Waals surface area contributed by atoms with Crippen molar-refractivity contribution in [2.45, 2.75) is 26.1 Å². The van der Waals surface area contributed by atoms with Crippen LogP contribution in [0.2, 0.25) is 0 Å². The molecule has 0 unspecified atom stereocenters. The van der Waals surface area contributed by atoms with Crippen molar-refractivity contribution in [1.29, 1.82) is 0 Å². The summed E-state index contributed by atoms with van der Waals surface area (Å²) in [7, 11) is 0. The van der Waals surface area contributed by atoms with Crippen molar-refractivity contribution in [3.63, 3.8) is 0 Å². The van der Waals surface area contributed by atoms with E-state index in [1.807, 2.05) is 0 Å². The molecule has 0 radical (unpaired) electrons. The topological polar surface area (TPSA) is 37.3 Å². The SMILES string of the molecule is [2H]C([2H])([2H])CCCC(=O)O. The van der Waals surface area contributed by atoms with E-state index in [1.54, 1.807) is 0 Å². The molecule has 0 aromatic rings. The van der Waals surface area contributed by atoms with Crippen molar-refractivity contribution >= 4 is 5.97 Å². The molecule has 0 bridgehead atoms. The Morgan fingerprint density at radius 1 is 2.00 bits per heavy atom. The van der Waals surface area contributed by atoms with Gasteiger partial charge in [0.2, 0.25) is 0 Å². The van der Waals surface area contributed by atoms with Crippen LogP contribution in [0.5, 0.6) is 0 Å². The maximum Gasteiger partial charge on any atom is 0.303 e. The van der Waals surface area contributed by atoms with Crippen molar-refractivity contribution in [3.8, 4) is 0 Å². The smallest absolute Gasteiger partial charge is 0.303 e. The first-order valence-electron chi connectivity index (χ1n) is 3.63. The molecule has 0 aliphatic heterocycles. The second kappa shape index (κ2) is 3.65. The molecule has 0 fully saturated rings. The molecule has 42 valence electrons. The molecular weight excluding hydrogens is 92.1 g/mol. The van der Waals surface area contributed by atoms with Crippen LogP contribution in [0.25, 0.3) is 0 Å². The molecule has 1 N–H and O–H groups in total. The summed E-state index contributed by atoms with van der Waals surface area (Å²) < 4.78 is 20.1. The zero-order chi connectivity index (χ0) is 8.20. The molecule has 0 amide bonds. The average Bonchev–Trinajstić information content (AvgIpc) is 1.59. The van der Waals surface area contributed by atoms with Crippen LogP contribution in [0.15, 0.2) is 0 Å². The van der Waals surface area contributed by atoms with E-state index >= 15 is 0 Å². The van der Waals surface area contributed by atoms with E-state index < -0.39 is 12.8 Å². The predicted octanol–water partition coefficient (Wildman–Crippen LogP) is 1.26. The van der Waals surface area contributed by atoms with Gasteiger partial charge in [-0.05, 0) is 6.42 Å². The van der Waals surface area contributed by atoms with E-state index in [2.05, 4.69) is 0 Å². The van der Waals surface area contributed by atoms with Gasteiger partial charge in [-0.1, -0.05) is 13.3 Å². The molecule has 0 spiro atoms. The van der Waals surface area contributed by atoms with Gasteiger partial charge in [0.25, 0.3) is 0 Å². The number of hydrogen-bond donors (Lipinski definition) is 1. The monoisotopic (exact) mass is 105 g/mol. The first-order valence-corrected chi connectivity index (χ1v) is 2.13. The molecule has 0 aromatic carbocycles. The Balaban J connectivity index is 3.29. The first kappa shape index (κ1) is 2.70. The zero-order valence-corrected chi connectivity index (χ0v) is 3.98. The van der Waals surface area contributed by atoms with Crippen molar-refractivity contribution in [1.82, 2.24) is 0 Å². The number of carboxylic acids is 1. The van der Waals surface area contributed by atoms with Gasteiger partial charge >= 0.3 is 5.97 Å². The van der Waals surface area contributed by atoms with Gasteiger partial charge in [0.05, 0.1) is 0 Å². The van der Waals surface area contributed by atoms with Gasteiger partial charge in [0, 0.05) is 10.5 Å². The lowest BCUT2D eigenvalue weighted by atomic mass is 10.3. The summed E-state index contributed by atoms with van der Waals surface area (Å²) in [5.41, 5.74) is 0. The lowest BCUT2D eigenvalue weighted by Crippen LogP contribution is -1.91. The second-order valence-corrected chi connectivity index (χ2v) is 1.25. The summed E-state index contributed by atoms with van der Waals surface area (Å²) in [6, 6.07) is 0. The predicted molar refractivity (Wildman–Crippen MR) is 27.2 cm³/mol. The zero-order valence-electron chi connectivity index (χ0n) is 6.98. The summed E-state index contributed by atoms with van der Waals surface area (Å²) in [6.45, 7) is -1.98. The molecule has 2 heteroatoms. The van der Waals surface area contributed by atoms with E-state index in [0.717, 1.165) is 0 Å². The highest BCUT2D eigenvalue weighted by atomic mass is 16.4. The molecule has 0 aliphatic carbocycles. The van der Waals surface area contributed by atoms with Crippen molar-refractivity contribution in [2.75, 3.05) is 0 Å². The minimum Gasteiger partial charge on any atom is -0.481 e. The van der Waals surface area contributed by atoms with E-state index in [9.17, 15) is 4.79 Å². The van der Waals surface area contributed by atoms with Gasteiger partial charge in [-0.3, -0.25) is 4.79 Å². The second-order valence-electron chi connectivity index (χ2n) is 1.25. The Hall–Kier alpha value is -0.530. The quantitative estimate of drug-likeness (QED) is 0.586. The van der Waals surface area contributed by atoms with Crippen LogP contribution in [-0.4, -0.2) is 11.1 Å². The molecule has 2 nitrogen and oxygen atoms in total. The fraction of sp³-hybridized carbons (Fsp3) is 0.800. The average molecular weight is 105 g/mol. The van der Waals surface area contributed by atoms with E-state index in [-0.39, 0.29) is 19.3 Å².